The van der Waals surface area contributed by atoms with Gasteiger partial charge in [0.15, 0.2) is 10.8 Å². The Labute approximate surface area is 220 Å². The second kappa shape index (κ2) is 11.1. The van der Waals surface area contributed by atoms with Crippen LogP contribution in [0.15, 0.2) is 30.3 Å². The lowest BCUT2D eigenvalue weighted by Gasteiger charge is -2.38. The highest BCUT2D eigenvalue weighted by atomic mass is 35.5. The third-order valence-electron chi connectivity index (χ3n) is 6.92. The number of halogens is 4. The Balaban J connectivity index is 1.51. The zero-order chi connectivity index (χ0) is 25.9. The fourth-order valence-corrected chi connectivity index (χ4v) is 5.47. The smallest absolute Gasteiger partial charge is 0.381 e. The summed E-state index contributed by atoms with van der Waals surface area (Å²) in [5.74, 6) is 0.806. The second-order valence-electron chi connectivity index (χ2n) is 9.99. The second-order valence-corrected chi connectivity index (χ2v) is 10.8. The minimum absolute atomic E-state index is 0.167. The van der Waals surface area contributed by atoms with Crippen LogP contribution in [0.5, 0.6) is 0 Å². The summed E-state index contributed by atoms with van der Waals surface area (Å²) in [5.41, 5.74) is -0.128. The number of aromatic nitrogens is 2. The molecule has 0 saturated carbocycles. The maximum atomic E-state index is 13.7. The van der Waals surface area contributed by atoms with Gasteiger partial charge in [-0.05, 0) is 61.0 Å². The fourth-order valence-electron chi connectivity index (χ4n) is 5.18. The number of benzene rings is 1. The van der Waals surface area contributed by atoms with Crippen LogP contribution in [0, 0.1) is 11.8 Å². The van der Waals surface area contributed by atoms with Crippen LogP contribution < -0.4 is 15.5 Å². The number of nitrogens with one attached hydrogen (secondary N) is 2. The number of alkyl halides is 3. The minimum atomic E-state index is -4.60. The lowest BCUT2D eigenvalue weighted by Crippen LogP contribution is -2.45. The third kappa shape index (κ3) is 6.58. The van der Waals surface area contributed by atoms with E-state index in [1.165, 1.54) is 0 Å². The van der Waals surface area contributed by atoms with Gasteiger partial charge in [0.1, 0.15) is 5.82 Å². The number of rotatable bonds is 5. The van der Waals surface area contributed by atoms with E-state index in [2.05, 4.69) is 34.4 Å². The molecule has 2 fully saturated rings. The molecule has 0 spiro atoms. The predicted octanol–water partition coefficient (Wildman–Crippen LogP) is 5.67. The van der Waals surface area contributed by atoms with Gasteiger partial charge in [0.05, 0.1) is 0 Å². The molecule has 2 atom stereocenters. The van der Waals surface area contributed by atoms with Gasteiger partial charge in [-0.1, -0.05) is 37.6 Å². The number of thiocarbonyl (C=S) groups is 1. The Bertz CT molecular complexity index is 1050. The molecule has 0 bridgehead atoms. The molecule has 6 nitrogen and oxygen atoms in total. The minimum Gasteiger partial charge on any atom is -0.381 e. The number of nitrogens with zero attached hydrogens (tertiary/aromatic N) is 3. The van der Waals surface area contributed by atoms with E-state index >= 15 is 0 Å². The molecule has 2 aromatic rings. The highest BCUT2D eigenvalue weighted by Crippen LogP contribution is 2.35. The van der Waals surface area contributed by atoms with Crippen molar-refractivity contribution < 1.29 is 17.9 Å². The van der Waals surface area contributed by atoms with Crippen molar-refractivity contribution >= 4 is 40.7 Å². The Morgan fingerprint density at radius 2 is 1.78 bits per heavy atom. The largest absolute Gasteiger partial charge is 0.433 e. The fraction of sp³-hybridized carbons (Fsp3) is 0.560. The molecule has 1 aromatic carbocycles. The number of hydrogen-bond donors (Lipinski definition) is 2. The number of ether oxygens (including phenoxy) is 1. The summed E-state index contributed by atoms with van der Waals surface area (Å²) in [7, 11) is 0. The van der Waals surface area contributed by atoms with Crippen LogP contribution in [0.4, 0.5) is 24.9 Å². The van der Waals surface area contributed by atoms with Crippen LogP contribution in [0.25, 0.3) is 0 Å². The monoisotopic (exact) mass is 541 g/mol. The van der Waals surface area contributed by atoms with Crippen molar-refractivity contribution in [3.8, 4) is 0 Å². The molecule has 0 unspecified atom stereocenters. The quantitative estimate of drug-likeness (QED) is 0.473. The highest BCUT2D eigenvalue weighted by molar-refractivity contribution is 7.80. The van der Waals surface area contributed by atoms with Crippen LogP contribution in [-0.4, -0.2) is 47.9 Å². The number of piperidine rings is 1. The predicted molar refractivity (Wildman–Crippen MR) is 140 cm³/mol. The third-order valence-corrected chi connectivity index (χ3v) is 7.41. The van der Waals surface area contributed by atoms with E-state index in [1.807, 2.05) is 29.2 Å². The van der Waals surface area contributed by atoms with E-state index in [0.717, 1.165) is 30.9 Å². The van der Waals surface area contributed by atoms with E-state index < -0.39 is 11.9 Å². The molecule has 0 radical (unpaired) electrons. The van der Waals surface area contributed by atoms with Crippen LogP contribution in [-0.2, 0) is 16.3 Å². The highest BCUT2D eigenvalue weighted by Gasteiger charge is 2.36. The molecular formula is C25H31ClF3N5OS. The van der Waals surface area contributed by atoms with Gasteiger partial charge in [0.2, 0.25) is 5.95 Å². The number of anilines is 2. The van der Waals surface area contributed by atoms with Crippen LogP contribution in [0.3, 0.4) is 0 Å². The van der Waals surface area contributed by atoms with E-state index in [-0.39, 0.29) is 22.3 Å². The first-order chi connectivity index (χ1) is 17.0. The van der Waals surface area contributed by atoms with Gasteiger partial charge in [-0.25, -0.2) is 4.98 Å². The summed E-state index contributed by atoms with van der Waals surface area (Å²) in [6.45, 7) is 7.18. The molecule has 2 N–H and O–H groups in total. The molecule has 2 aliphatic heterocycles. The van der Waals surface area contributed by atoms with E-state index in [9.17, 15) is 13.2 Å². The van der Waals surface area contributed by atoms with Gasteiger partial charge in [0, 0.05) is 49.4 Å². The van der Waals surface area contributed by atoms with Crippen molar-refractivity contribution in [2.45, 2.75) is 44.7 Å². The summed E-state index contributed by atoms with van der Waals surface area (Å²) in [6, 6.07) is 8.71. The first-order valence-electron chi connectivity index (χ1n) is 12.1. The van der Waals surface area contributed by atoms with Gasteiger partial charge < -0.3 is 20.3 Å². The molecule has 3 heterocycles. The maximum Gasteiger partial charge on any atom is 0.433 e. The van der Waals surface area contributed by atoms with Crippen molar-refractivity contribution in [3.05, 3.63) is 46.6 Å². The maximum absolute atomic E-state index is 13.7. The SMILES string of the molecule is C[C@H]1C[C@H](C)CN(c2cc(C(F)(F)F)nc(NC(=S)NCC3(c4ccc(Cl)cc4)CCOCC3)n2)C1. The molecule has 4 rings (SSSR count). The molecule has 196 valence electrons. The molecular weight excluding hydrogens is 511 g/mol. The summed E-state index contributed by atoms with van der Waals surface area (Å²) in [4.78, 5) is 10.0. The molecule has 2 aliphatic rings. The van der Waals surface area contributed by atoms with E-state index in [4.69, 9.17) is 28.6 Å². The van der Waals surface area contributed by atoms with Crippen LogP contribution >= 0.6 is 23.8 Å². The Kier molecular flexibility index (Phi) is 8.26. The lowest BCUT2D eigenvalue weighted by molar-refractivity contribution is -0.141. The standard InChI is InChI=1S/C25H31ClF3N5OS/c1-16-11-17(2)14-34(13-16)21-12-20(25(27,28)29)31-22(32-21)33-23(36)30-15-24(7-9-35-10-8-24)18-3-5-19(26)6-4-18/h3-6,12,16-17H,7-11,13-15H2,1-2H3,(H2,30,31,32,33,36)/t16-,17-/m0/s1. The van der Waals surface area contributed by atoms with E-state index in [1.54, 1.807) is 0 Å². The van der Waals surface area contributed by atoms with Gasteiger partial charge in [-0.15, -0.1) is 0 Å². The lowest BCUT2D eigenvalue weighted by atomic mass is 9.74. The van der Waals surface area contributed by atoms with Crippen molar-refractivity contribution in [2.75, 3.05) is 43.1 Å². The van der Waals surface area contributed by atoms with E-state index in [0.29, 0.717) is 49.7 Å². The van der Waals surface area contributed by atoms with Gasteiger partial charge in [-0.3, -0.25) is 0 Å². The Morgan fingerprint density at radius 1 is 1.14 bits per heavy atom. The first kappa shape index (κ1) is 26.9. The summed E-state index contributed by atoms with van der Waals surface area (Å²) in [6.07, 6.45) is -2.01. The normalized spacial score (nSPS) is 22.2. The van der Waals surface area contributed by atoms with Crippen LogP contribution in [0.2, 0.25) is 5.02 Å². The average Bonchev–Trinajstić information content (AvgIpc) is 2.82. The van der Waals surface area contributed by atoms with Crippen molar-refractivity contribution in [1.82, 2.24) is 15.3 Å². The topological polar surface area (TPSA) is 62.3 Å². The van der Waals surface area contributed by atoms with Crippen molar-refractivity contribution in [3.63, 3.8) is 0 Å². The Morgan fingerprint density at radius 3 is 2.39 bits per heavy atom. The first-order valence-corrected chi connectivity index (χ1v) is 12.9. The Hall–Kier alpha value is -2.17. The molecule has 0 amide bonds. The summed E-state index contributed by atoms with van der Waals surface area (Å²) >= 11 is 11.5. The average molecular weight is 542 g/mol. The summed E-state index contributed by atoms with van der Waals surface area (Å²) < 4.78 is 46.5. The number of hydrogen-bond acceptors (Lipinski definition) is 5. The molecule has 36 heavy (non-hydrogen) atoms. The van der Waals surface area contributed by atoms with Gasteiger partial charge >= 0.3 is 6.18 Å². The zero-order valence-electron chi connectivity index (χ0n) is 20.4. The zero-order valence-corrected chi connectivity index (χ0v) is 21.9. The molecule has 1 aromatic heterocycles. The van der Waals surface area contributed by atoms with Gasteiger partial charge in [0.25, 0.3) is 0 Å². The summed E-state index contributed by atoms with van der Waals surface area (Å²) in [5, 5.41) is 6.80. The molecule has 11 heteroatoms. The van der Waals surface area contributed by atoms with Crippen molar-refractivity contribution in [2.24, 2.45) is 11.8 Å². The molecule has 2 saturated heterocycles. The van der Waals surface area contributed by atoms with Gasteiger partial charge in [-0.2, -0.15) is 18.2 Å². The van der Waals surface area contributed by atoms with Crippen LogP contribution in [0.1, 0.15) is 44.4 Å². The van der Waals surface area contributed by atoms with Crippen molar-refractivity contribution in [1.29, 1.82) is 0 Å². The molecule has 0 aliphatic carbocycles.